The van der Waals surface area contributed by atoms with E-state index in [1.807, 2.05) is 6.26 Å². The van der Waals surface area contributed by atoms with Crippen molar-refractivity contribution in [3.05, 3.63) is 0 Å². The monoisotopic (exact) mass is 276 g/mol. The Balaban J connectivity index is 4.50. The number of nitrogens with one attached hydrogen (secondary N) is 1. The van der Waals surface area contributed by atoms with Gasteiger partial charge in [0, 0.05) is 13.1 Å². The number of amides is 2. The first-order valence-corrected chi connectivity index (χ1v) is 7.44. The number of urea groups is 1. The lowest BCUT2D eigenvalue weighted by Gasteiger charge is -2.34. The van der Waals surface area contributed by atoms with Crippen LogP contribution in [0.1, 0.15) is 27.7 Å². The number of carboxylic acids is 1. The predicted molar refractivity (Wildman–Crippen MR) is 75.0 cm³/mol. The molecule has 0 aliphatic carbocycles. The van der Waals surface area contributed by atoms with E-state index in [2.05, 4.69) is 12.2 Å². The number of hydrogen-bond acceptors (Lipinski definition) is 3. The molecule has 1 atom stereocenters. The fraction of sp³-hybridized carbons (Fsp3) is 0.833. The summed E-state index contributed by atoms with van der Waals surface area (Å²) in [4.78, 5) is 24.5. The Morgan fingerprint density at radius 2 is 2.00 bits per heavy atom. The maximum atomic E-state index is 12.0. The molecular weight excluding hydrogens is 252 g/mol. The van der Waals surface area contributed by atoms with E-state index in [1.54, 1.807) is 18.7 Å². The molecule has 0 spiro atoms. The van der Waals surface area contributed by atoms with Crippen LogP contribution in [0.15, 0.2) is 0 Å². The number of hydrogen-bond donors (Lipinski definition) is 2. The van der Waals surface area contributed by atoms with E-state index in [9.17, 15) is 9.59 Å². The Morgan fingerprint density at radius 1 is 1.44 bits per heavy atom. The van der Waals surface area contributed by atoms with Gasteiger partial charge in [-0.25, -0.2) is 9.59 Å². The SMILES string of the molecule is CCN(C(=O)NCC(C)CSC)C(C)(C)C(=O)O. The molecule has 0 heterocycles. The van der Waals surface area contributed by atoms with E-state index in [0.717, 1.165) is 5.75 Å². The zero-order valence-corrected chi connectivity index (χ0v) is 12.6. The Hall–Kier alpha value is -0.910. The molecule has 0 aliphatic heterocycles. The first kappa shape index (κ1) is 17.1. The molecule has 0 rings (SSSR count). The van der Waals surface area contributed by atoms with Crippen molar-refractivity contribution in [2.24, 2.45) is 5.92 Å². The molecule has 0 bridgehead atoms. The van der Waals surface area contributed by atoms with E-state index in [-0.39, 0.29) is 6.03 Å². The summed E-state index contributed by atoms with van der Waals surface area (Å²) in [7, 11) is 0. The molecule has 0 aliphatic rings. The third-order valence-electron chi connectivity index (χ3n) is 2.81. The summed E-state index contributed by atoms with van der Waals surface area (Å²) in [6.45, 7) is 7.81. The average Bonchev–Trinajstić information content (AvgIpc) is 2.27. The van der Waals surface area contributed by atoms with Gasteiger partial charge in [-0.15, -0.1) is 0 Å². The van der Waals surface area contributed by atoms with Crippen molar-refractivity contribution in [1.29, 1.82) is 0 Å². The van der Waals surface area contributed by atoms with Crippen molar-refractivity contribution >= 4 is 23.8 Å². The number of carboxylic acid groups (broad SMARTS) is 1. The molecule has 0 radical (unpaired) electrons. The summed E-state index contributed by atoms with van der Waals surface area (Å²) in [6.07, 6.45) is 2.02. The van der Waals surface area contributed by atoms with Crippen molar-refractivity contribution in [1.82, 2.24) is 10.2 Å². The maximum Gasteiger partial charge on any atom is 0.329 e. The molecule has 5 nitrogen and oxygen atoms in total. The van der Waals surface area contributed by atoms with Crippen LogP contribution >= 0.6 is 11.8 Å². The van der Waals surface area contributed by atoms with Gasteiger partial charge in [-0.05, 0) is 38.7 Å². The van der Waals surface area contributed by atoms with Crippen LogP contribution in [0.2, 0.25) is 0 Å². The van der Waals surface area contributed by atoms with Gasteiger partial charge in [-0.1, -0.05) is 6.92 Å². The zero-order chi connectivity index (χ0) is 14.3. The van der Waals surface area contributed by atoms with Gasteiger partial charge in [-0.3, -0.25) is 0 Å². The number of nitrogens with zero attached hydrogens (tertiary/aromatic N) is 1. The topological polar surface area (TPSA) is 69.6 Å². The first-order valence-electron chi connectivity index (χ1n) is 6.05. The molecule has 2 N–H and O–H groups in total. The number of thioether (sulfide) groups is 1. The molecule has 0 saturated heterocycles. The summed E-state index contributed by atoms with van der Waals surface area (Å²) in [5.74, 6) is 0.335. The fourth-order valence-corrected chi connectivity index (χ4v) is 2.30. The van der Waals surface area contributed by atoms with E-state index in [1.165, 1.54) is 18.7 Å². The minimum Gasteiger partial charge on any atom is -0.480 e. The lowest BCUT2D eigenvalue weighted by atomic mass is 10.0. The van der Waals surface area contributed by atoms with Gasteiger partial charge >= 0.3 is 12.0 Å². The number of carbonyl (C=O) groups excluding carboxylic acids is 1. The first-order chi connectivity index (χ1) is 8.27. The highest BCUT2D eigenvalue weighted by atomic mass is 32.2. The highest BCUT2D eigenvalue weighted by Crippen LogP contribution is 2.14. The lowest BCUT2D eigenvalue weighted by Crippen LogP contribution is -2.56. The molecule has 2 amide bonds. The summed E-state index contributed by atoms with van der Waals surface area (Å²) < 4.78 is 0. The zero-order valence-electron chi connectivity index (χ0n) is 11.8. The second-order valence-corrected chi connectivity index (χ2v) is 5.77. The largest absolute Gasteiger partial charge is 0.480 e. The van der Waals surface area contributed by atoms with E-state index >= 15 is 0 Å². The number of likely N-dealkylation sites (N-methyl/N-ethyl adjacent to an activating group) is 1. The summed E-state index contributed by atoms with van der Waals surface area (Å²) >= 11 is 1.73. The van der Waals surface area contributed by atoms with Gasteiger partial charge in [0.1, 0.15) is 5.54 Å². The molecule has 6 heteroatoms. The van der Waals surface area contributed by atoms with Gasteiger partial charge in [0.05, 0.1) is 0 Å². The molecule has 18 heavy (non-hydrogen) atoms. The average molecular weight is 276 g/mol. The minimum absolute atomic E-state index is 0.321. The van der Waals surface area contributed by atoms with Crippen LogP contribution in [0.3, 0.4) is 0 Å². The van der Waals surface area contributed by atoms with Crippen LogP contribution in [0, 0.1) is 5.92 Å². The highest BCUT2D eigenvalue weighted by molar-refractivity contribution is 7.98. The highest BCUT2D eigenvalue weighted by Gasteiger charge is 2.36. The van der Waals surface area contributed by atoms with Crippen LogP contribution in [0.25, 0.3) is 0 Å². The third kappa shape index (κ3) is 4.76. The van der Waals surface area contributed by atoms with Crippen LogP contribution in [0.4, 0.5) is 4.79 Å². The second kappa shape index (κ2) is 7.51. The molecule has 0 aromatic rings. The van der Waals surface area contributed by atoms with Crippen molar-refractivity contribution < 1.29 is 14.7 Å². The molecule has 0 fully saturated rings. The van der Waals surface area contributed by atoms with Crippen molar-refractivity contribution in [2.45, 2.75) is 33.2 Å². The number of rotatable bonds is 7. The number of aliphatic carboxylic acids is 1. The van der Waals surface area contributed by atoms with E-state index in [4.69, 9.17) is 5.11 Å². The Morgan fingerprint density at radius 3 is 2.39 bits per heavy atom. The second-order valence-electron chi connectivity index (χ2n) is 4.85. The molecule has 0 saturated carbocycles. The summed E-state index contributed by atoms with van der Waals surface area (Å²) in [5.41, 5.74) is -1.19. The fourth-order valence-electron chi connectivity index (χ4n) is 1.61. The summed E-state index contributed by atoms with van der Waals surface area (Å²) in [6, 6.07) is -0.321. The molecular formula is C12H24N2O3S. The Labute approximate surface area is 113 Å². The molecule has 0 aromatic heterocycles. The standard InChI is InChI=1S/C12H24N2O3S/c1-6-14(12(3,4)10(15)16)11(17)13-7-9(2)8-18-5/h9H,6-8H2,1-5H3,(H,13,17)(H,15,16). The smallest absolute Gasteiger partial charge is 0.329 e. The van der Waals surface area contributed by atoms with Crippen molar-refractivity contribution in [3.8, 4) is 0 Å². The Kier molecular flexibility index (Phi) is 7.13. The quantitative estimate of drug-likeness (QED) is 0.745. The van der Waals surface area contributed by atoms with Crippen LogP contribution < -0.4 is 5.32 Å². The van der Waals surface area contributed by atoms with Crippen LogP contribution in [0.5, 0.6) is 0 Å². The van der Waals surface area contributed by atoms with Crippen molar-refractivity contribution in [3.63, 3.8) is 0 Å². The molecule has 0 aromatic carbocycles. The van der Waals surface area contributed by atoms with Gasteiger partial charge in [0.2, 0.25) is 0 Å². The van der Waals surface area contributed by atoms with E-state index < -0.39 is 11.5 Å². The number of carbonyl (C=O) groups is 2. The van der Waals surface area contributed by atoms with E-state index in [0.29, 0.717) is 19.0 Å². The molecule has 1 unspecified atom stereocenters. The Bertz CT molecular complexity index is 295. The minimum atomic E-state index is -1.19. The van der Waals surface area contributed by atoms with Gasteiger partial charge in [0.25, 0.3) is 0 Å². The summed E-state index contributed by atoms with van der Waals surface area (Å²) in [5, 5.41) is 11.9. The molecule has 106 valence electrons. The van der Waals surface area contributed by atoms with Crippen LogP contribution in [-0.2, 0) is 4.79 Å². The van der Waals surface area contributed by atoms with Gasteiger partial charge < -0.3 is 15.3 Å². The normalized spacial score (nSPS) is 12.9. The van der Waals surface area contributed by atoms with Gasteiger partial charge in [0.15, 0.2) is 0 Å². The lowest BCUT2D eigenvalue weighted by molar-refractivity contribution is -0.147. The predicted octanol–water partition coefficient (Wildman–Crippen LogP) is 1.88. The maximum absolute atomic E-state index is 12.0. The van der Waals surface area contributed by atoms with Crippen molar-refractivity contribution in [2.75, 3.05) is 25.1 Å². The third-order valence-corrected chi connectivity index (χ3v) is 3.71. The van der Waals surface area contributed by atoms with Gasteiger partial charge in [-0.2, -0.15) is 11.8 Å². The van der Waals surface area contributed by atoms with Crippen LogP contribution in [-0.4, -0.2) is 52.6 Å².